The third-order valence-electron chi connectivity index (χ3n) is 2.77. The molecule has 0 aliphatic carbocycles. The molecule has 5 nitrogen and oxygen atoms in total. The van der Waals surface area contributed by atoms with Gasteiger partial charge in [-0.05, 0) is 29.8 Å². The predicted molar refractivity (Wildman–Crippen MR) is 81.1 cm³/mol. The van der Waals surface area contributed by atoms with Gasteiger partial charge in [-0.15, -0.1) is 0 Å². The Morgan fingerprint density at radius 1 is 1.33 bits per heavy atom. The van der Waals surface area contributed by atoms with E-state index in [1.807, 2.05) is 0 Å². The third-order valence-corrected chi connectivity index (χ3v) is 3.23. The van der Waals surface area contributed by atoms with Gasteiger partial charge in [0.15, 0.2) is 0 Å². The van der Waals surface area contributed by atoms with Crippen molar-refractivity contribution < 1.29 is 14.1 Å². The van der Waals surface area contributed by atoms with E-state index in [0.29, 0.717) is 15.9 Å². The number of benzene rings is 2. The second-order valence-electron chi connectivity index (χ2n) is 4.25. The van der Waals surface area contributed by atoms with Gasteiger partial charge in [-0.3, -0.25) is 10.1 Å². The molecule has 0 aliphatic rings. The average molecular weight is 355 g/mol. The first-order valence-electron chi connectivity index (χ1n) is 6.03. The zero-order chi connectivity index (χ0) is 15.4. The van der Waals surface area contributed by atoms with Crippen LogP contribution in [0.5, 0.6) is 5.75 Å². The number of ether oxygens (including phenoxy) is 1. The molecule has 0 spiro atoms. The van der Waals surface area contributed by atoms with Crippen LogP contribution in [0.15, 0.2) is 40.9 Å². The van der Waals surface area contributed by atoms with Gasteiger partial charge in [0, 0.05) is 23.7 Å². The van der Waals surface area contributed by atoms with E-state index in [0.717, 1.165) is 5.56 Å². The average Bonchev–Trinajstić information content (AvgIpc) is 2.43. The van der Waals surface area contributed by atoms with Gasteiger partial charge in [0.2, 0.25) is 0 Å². The van der Waals surface area contributed by atoms with E-state index < -0.39 is 10.7 Å². The van der Waals surface area contributed by atoms with E-state index in [9.17, 15) is 14.5 Å². The molecule has 0 fully saturated rings. The molecule has 0 aromatic heterocycles. The number of nitro groups is 1. The molecule has 0 bridgehead atoms. The molecule has 0 amide bonds. The van der Waals surface area contributed by atoms with Gasteiger partial charge in [0.1, 0.15) is 23.9 Å². The van der Waals surface area contributed by atoms with Crippen LogP contribution in [-0.2, 0) is 6.61 Å². The Morgan fingerprint density at radius 3 is 2.71 bits per heavy atom. The monoisotopic (exact) mass is 354 g/mol. The molecule has 21 heavy (non-hydrogen) atoms. The molecule has 110 valence electrons. The number of rotatable bonds is 5. The highest BCUT2D eigenvalue weighted by Crippen LogP contribution is 2.26. The van der Waals surface area contributed by atoms with E-state index in [4.69, 9.17) is 4.74 Å². The summed E-state index contributed by atoms with van der Waals surface area (Å²) < 4.78 is 19.3. The summed E-state index contributed by atoms with van der Waals surface area (Å²) >= 11 is 3.18. The summed E-state index contributed by atoms with van der Waals surface area (Å²) in [6.45, 7) is 0.183. The van der Waals surface area contributed by atoms with Crippen molar-refractivity contribution in [3.8, 4) is 5.75 Å². The molecule has 2 aromatic rings. The zero-order valence-electron chi connectivity index (χ0n) is 11.1. The van der Waals surface area contributed by atoms with Crippen LogP contribution in [0, 0.1) is 15.9 Å². The van der Waals surface area contributed by atoms with E-state index in [1.54, 1.807) is 25.2 Å². The molecular formula is C14H12BrFN2O3. The first kappa shape index (κ1) is 15.2. The Kier molecular flexibility index (Phi) is 4.74. The molecule has 0 aliphatic heterocycles. The fourth-order valence-electron chi connectivity index (χ4n) is 1.81. The molecule has 0 saturated heterocycles. The van der Waals surface area contributed by atoms with Crippen LogP contribution >= 0.6 is 15.9 Å². The predicted octanol–water partition coefficient (Wildman–Crippen LogP) is 4.12. The van der Waals surface area contributed by atoms with Crippen molar-refractivity contribution in [1.29, 1.82) is 0 Å². The third kappa shape index (κ3) is 3.91. The maximum absolute atomic E-state index is 13.2. The quantitative estimate of drug-likeness (QED) is 0.647. The van der Waals surface area contributed by atoms with E-state index in [-0.39, 0.29) is 12.3 Å². The lowest BCUT2D eigenvalue weighted by Crippen LogP contribution is -2.00. The molecule has 2 rings (SSSR count). The van der Waals surface area contributed by atoms with Crippen molar-refractivity contribution in [3.05, 3.63) is 62.4 Å². The summed E-state index contributed by atoms with van der Waals surface area (Å²) in [5, 5.41) is 13.6. The van der Waals surface area contributed by atoms with E-state index in [1.165, 1.54) is 18.2 Å². The van der Waals surface area contributed by atoms with Crippen LogP contribution in [0.1, 0.15) is 5.56 Å². The van der Waals surface area contributed by atoms with Gasteiger partial charge < -0.3 is 10.1 Å². The van der Waals surface area contributed by atoms with Crippen LogP contribution in [-0.4, -0.2) is 12.0 Å². The fourth-order valence-corrected chi connectivity index (χ4v) is 2.26. The molecule has 0 saturated carbocycles. The van der Waals surface area contributed by atoms with Gasteiger partial charge >= 0.3 is 0 Å². The first-order chi connectivity index (χ1) is 9.99. The maximum atomic E-state index is 13.2. The zero-order valence-corrected chi connectivity index (χ0v) is 12.7. The smallest absolute Gasteiger partial charge is 0.292 e. The van der Waals surface area contributed by atoms with Crippen LogP contribution in [0.25, 0.3) is 0 Å². The first-order valence-corrected chi connectivity index (χ1v) is 6.83. The lowest BCUT2D eigenvalue weighted by Gasteiger charge is -2.09. The van der Waals surface area contributed by atoms with E-state index >= 15 is 0 Å². The highest BCUT2D eigenvalue weighted by molar-refractivity contribution is 9.10. The molecule has 0 atom stereocenters. The molecule has 1 N–H and O–H groups in total. The normalized spacial score (nSPS) is 10.2. The number of hydrogen-bond acceptors (Lipinski definition) is 4. The molecular weight excluding hydrogens is 343 g/mol. The molecule has 7 heteroatoms. The van der Waals surface area contributed by atoms with Crippen molar-refractivity contribution in [2.75, 3.05) is 12.4 Å². The largest absolute Gasteiger partial charge is 0.489 e. The van der Waals surface area contributed by atoms with E-state index in [2.05, 4.69) is 21.2 Å². The highest BCUT2D eigenvalue weighted by Gasteiger charge is 2.13. The van der Waals surface area contributed by atoms with Crippen molar-refractivity contribution in [2.45, 2.75) is 6.61 Å². The van der Waals surface area contributed by atoms with Crippen molar-refractivity contribution in [3.63, 3.8) is 0 Å². The summed E-state index contributed by atoms with van der Waals surface area (Å²) in [5.74, 6) is -0.0229. The number of hydrogen-bond donors (Lipinski definition) is 1. The van der Waals surface area contributed by atoms with Gasteiger partial charge in [-0.2, -0.15) is 0 Å². The lowest BCUT2D eigenvalue weighted by atomic mass is 10.2. The Bertz CT molecular complexity index is 659. The highest BCUT2D eigenvalue weighted by atomic mass is 79.9. The summed E-state index contributed by atoms with van der Waals surface area (Å²) in [6.07, 6.45) is 0. The topological polar surface area (TPSA) is 64.4 Å². The number of halogens is 2. The van der Waals surface area contributed by atoms with Gasteiger partial charge in [0.25, 0.3) is 5.69 Å². The van der Waals surface area contributed by atoms with Crippen LogP contribution in [0.2, 0.25) is 0 Å². The molecule has 0 unspecified atom stereocenters. The second-order valence-corrected chi connectivity index (χ2v) is 5.17. The summed E-state index contributed by atoms with van der Waals surface area (Å²) in [4.78, 5) is 10.4. The van der Waals surface area contributed by atoms with Crippen LogP contribution in [0.3, 0.4) is 0 Å². The molecule has 0 heterocycles. The minimum absolute atomic E-state index is 0.00486. The Morgan fingerprint density at radius 2 is 2.10 bits per heavy atom. The van der Waals surface area contributed by atoms with Gasteiger partial charge in [-0.1, -0.05) is 15.9 Å². The molecule has 2 aromatic carbocycles. The number of nitro benzene ring substituents is 1. The molecule has 0 radical (unpaired) electrons. The maximum Gasteiger partial charge on any atom is 0.292 e. The summed E-state index contributed by atoms with van der Waals surface area (Å²) in [6, 6.07) is 8.90. The number of anilines is 1. The van der Waals surface area contributed by atoms with Crippen molar-refractivity contribution in [2.24, 2.45) is 0 Å². The number of nitrogens with one attached hydrogen (secondary N) is 1. The Hall–Kier alpha value is -2.15. The number of nitrogens with zero attached hydrogens (tertiary/aromatic N) is 1. The fraction of sp³-hybridized carbons (Fsp3) is 0.143. The SMILES string of the molecule is CNc1cc(COc2cc(F)cc(Br)c2)ccc1[N+](=O)[O-]. The van der Waals surface area contributed by atoms with Crippen LogP contribution < -0.4 is 10.1 Å². The summed E-state index contributed by atoms with van der Waals surface area (Å²) in [7, 11) is 1.61. The van der Waals surface area contributed by atoms with Gasteiger partial charge in [0.05, 0.1) is 4.92 Å². The minimum Gasteiger partial charge on any atom is -0.489 e. The van der Waals surface area contributed by atoms with Gasteiger partial charge in [-0.25, -0.2) is 4.39 Å². The van der Waals surface area contributed by atoms with Crippen molar-refractivity contribution >= 4 is 27.3 Å². The standard InChI is InChI=1S/C14H12BrFN2O3/c1-17-13-4-9(2-3-14(13)18(19)20)8-21-12-6-10(15)5-11(16)7-12/h2-7,17H,8H2,1H3. The lowest BCUT2D eigenvalue weighted by molar-refractivity contribution is -0.384. The minimum atomic E-state index is -0.458. The second kappa shape index (κ2) is 6.53. The summed E-state index contributed by atoms with van der Waals surface area (Å²) in [5.41, 5.74) is 1.14. The Balaban J connectivity index is 2.14. The Labute approximate surface area is 129 Å². The van der Waals surface area contributed by atoms with Crippen LogP contribution in [0.4, 0.5) is 15.8 Å². The van der Waals surface area contributed by atoms with Crippen molar-refractivity contribution in [1.82, 2.24) is 0 Å².